The van der Waals surface area contributed by atoms with Crippen molar-refractivity contribution in [3.05, 3.63) is 15.6 Å². The molecule has 0 fully saturated rings. The molecule has 1 atom stereocenters. The van der Waals surface area contributed by atoms with Crippen molar-refractivity contribution in [1.82, 2.24) is 15.0 Å². The van der Waals surface area contributed by atoms with Gasteiger partial charge in [-0.05, 0) is 46.7 Å². The maximum atomic E-state index is 12.0. The van der Waals surface area contributed by atoms with Gasteiger partial charge in [-0.25, -0.2) is 18.1 Å². The van der Waals surface area contributed by atoms with Crippen molar-refractivity contribution in [2.75, 3.05) is 18.8 Å². The van der Waals surface area contributed by atoms with Gasteiger partial charge in [0.05, 0.1) is 22.5 Å². The molecule has 0 amide bonds. The van der Waals surface area contributed by atoms with Crippen LogP contribution in [0, 0.1) is 13.8 Å². The van der Waals surface area contributed by atoms with E-state index in [9.17, 15) is 8.42 Å². The van der Waals surface area contributed by atoms with Gasteiger partial charge >= 0.3 is 0 Å². The van der Waals surface area contributed by atoms with Gasteiger partial charge in [0.1, 0.15) is 0 Å². The third-order valence-electron chi connectivity index (χ3n) is 2.96. The van der Waals surface area contributed by atoms with Crippen molar-refractivity contribution >= 4 is 21.4 Å². The molecule has 0 radical (unpaired) electrons. The fourth-order valence-electron chi connectivity index (χ4n) is 2.05. The Balaban J connectivity index is 2.47. The summed E-state index contributed by atoms with van der Waals surface area (Å²) in [4.78, 5) is 5.33. The molecular weight excluding hydrogens is 294 g/mol. The molecule has 0 bridgehead atoms. The number of aromatic nitrogens is 1. The second kappa shape index (κ2) is 8.07. The number of hydrogen-bond acceptors (Lipinski definition) is 5. The largest absolute Gasteiger partial charge is 0.317 e. The lowest BCUT2D eigenvalue weighted by atomic mass is 10.2. The first-order valence-corrected chi connectivity index (χ1v) is 9.47. The molecule has 1 aromatic heterocycles. The Bertz CT molecular complexity index is 512. The zero-order chi connectivity index (χ0) is 15.2. The monoisotopic (exact) mass is 319 g/mol. The highest BCUT2D eigenvalue weighted by Crippen LogP contribution is 2.24. The van der Waals surface area contributed by atoms with Crippen LogP contribution in [0.25, 0.3) is 0 Å². The molecule has 0 aliphatic carbocycles. The number of nitrogens with one attached hydrogen (secondary N) is 2. The lowest BCUT2D eigenvalue weighted by molar-refractivity contribution is 0.562. The Labute approximate surface area is 126 Å². The van der Waals surface area contributed by atoms with Crippen LogP contribution in [0.1, 0.15) is 48.3 Å². The number of sulfonamides is 1. The van der Waals surface area contributed by atoms with Gasteiger partial charge < -0.3 is 5.32 Å². The zero-order valence-corrected chi connectivity index (χ0v) is 14.3. The molecule has 1 heterocycles. The van der Waals surface area contributed by atoms with Gasteiger partial charge in [0.15, 0.2) is 0 Å². The van der Waals surface area contributed by atoms with Crippen LogP contribution in [0.3, 0.4) is 0 Å². The van der Waals surface area contributed by atoms with E-state index in [1.807, 2.05) is 27.7 Å². The smallest absolute Gasteiger partial charge is 0.212 e. The molecule has 1 aromatic rings. The van der Waals surface area contributed by atoms with Gasteiger partial charge in [-0.1, -0.05) is 6.92 Å². The van der Waals surface area contributed by atoms with Gasteiger partial charge in [0.2, 0.25) is 10.0 Å². The van der Waals surface area contributed by atoms with Gasteiger partial charge in [-0.15, -0.1) is 11.3 Å². The fourth-order valence-corrected chi connectivity index (χ4v) is 4.41. The summed E-state index contributed by atoms with van der Waals surface area (Å²) in [5.74, 6) is 0.180. The van der Waals surface area contributed by atoms with Crippen molar-refractivity contribution in [2.45, 2.75) is 46.6 Å². The Morgan fingerprint density at radius 1 is 1.30 bits per heavy atom. The molecule has 0 aromatic carbocycles. The molecule has 0 spiro atoms. The Hall–Kier alpha value is -0.500. The summed E-state index contributed by atoms with van der Waals surface area (Å²) >= 11 is 1.55. The van der Waals surface area contributed by atoms with Crippen LogP contribution in [0.2, 0.25) is 0 Å². The number of rotatable bonds is 9. The minimum absolute atomic E-state index is 0.180. The average molecular weight is 319 g/mol. The summed E-state index contributed by atoms with van der Waals surface area (Å²) < 4.78 is 26.8. The summed E-state index contributed by atoms with van der Waals surface area (Å²) in [6, 6.07) is -0.208. The topological polar surface area (TPSA) is 71.1 Å². The van der Waals surface area contributed by atoms with E-state index in [1.54, 1.807) is 11.3 Å². The van der Waals surface area contributed by atoms with E-state index in [0.717, 1.165) is 35.1 Å². The van der Waals surface area contributed by atoms with E-state index in [0.29, 0.717) is 6.42 Å². The second-order valence-corrected chi connectivity index (χ2v) is 8.01. The average Bonchev–Trinajstić information content (AvgIpc) is 2.67. The maximum Gasteiger partial charge on any atom is 0.212 e. The van der Waals surface area contributed by atoms with Crippen LogP contribution in [0.15, 0.2) is 0 Å². The first-order chi connectivity index (χ1) is 9.35. The van der Waals surface area contributed by atoms with E-state index in [-0.39, 0.29) is 11.8 Å². The van der Waals surface area contributed by atoms with Crippen LogP contribution in [-0.2, 0) is 10.0 Å². The van der Waals surface area contributed by atoms with Crippen molar-refractivity contribution in [1.29, 1.82) is 0 Å². The number of nitrogens with zero attached hydrogens (tertiary/aromatic N) is 1. The molecule has 20 heavy (non-hydrogen) atoms. The van der Waals surface area contributed by atoms with Crippen molar-refractivity contribution in [2.24, 2.45) is 0 Å². The van der Waals surface area contributed by atoms with E-state index in [1.165, 1.54) is 0 Å². The number of aryl methyl sites for hydroxylation is 2. The molecule has 0 aliphatic rings. The zero-order valence-electron chi connectivity index (χ0n) is 12.7. The van der Waals surface area contributed by atoms with Crippen LogP contribution < -0.4 is 10.0 Å². The lowest BCUT2D eigenvalue weighted by Gasteiger charge is -2.13. The molecule has 0 saturated carbocycles. The molecule has 1 rings (SSSR count). The molecule has 116 valence electrons. The molecule has 2 N–H and O–H groups in total. The summed E-state index contributed by atoms with van der Waals surface area (Å²) in [6.45, 7) is 9.55. The van der Waals surface area contributed by atoms with Crippen LogP contribution in [0.5, 0.6) is 0 Å². The summed E-state index contributed by atoms with van der Waals surface area (Å²) in [7, 11) is -3.22. The van der Waals surface area contributed by atoms with Crippen LogP contribution in [0.4, 0.5) is 0 Å². The molecule has 0 saturated heterocycles. The summed E-state index contributed by atoms with van der Waals surface area (Å²) in [6.07, 6.45) is 1.55. The molecule has 7 heteroatoms. The van der Waals surface area contributed by atoms with Gasteiger partial charge in [0.25, 0.3) is 0 Å². The standard InChI is InChI=1S/C13H25N3O2S2/c1-5-14-8-6-7-9-20(17,18)16-11(3)13-10(2)15-12(4)19-13/h11,14,16H,5-9H2,1-4H3. The fraction of sp³-hybridized carbons (Fsp3) is 0.769. The third-order valence-corrected chi connectivity index (χ3v) is 5.75. The Kier molecular flexibility index (Phi) is 7.08. The van der Waals surface area contributed by atoms with Crippen LogP contribution >= 0.6 is 11.3 Å². The Morgan fingerprint density at radius 2 is 2.00 bits per heavy atom. The van der Waals surface area contributed by atoms with Crippen molar-refractivity contribution in [3.8, 4) is 0 Å². The molecule has 5 nitrogen and oxygen atoms in total. The lowest BCUT2D eigenvalue weighted by Crippen LogP contribution is -2.29. The number of thiazole rings is 1. The van der Waals surface area contributed by atoms with E-state index >= 15 is 0 Å². The van der Waals surface area contributed by atoms with Crippen molar-refractivity contribution < 1.29 is 8.42 Å². The SMILES string of the molecule is CCNCCCCS(=O)(=O)NC(C)c1sc(C)nc1C. The van der Waals surface area contributed by atoms with E-state index < -0.39 is 10.0 Å². The summed E-state index contributed by atoms with van der Waals surface area (Å²) in [5, 5.41) is 4.16. The maximum absolute atomic E-state index is 12.0. The minimum atomic E-state index is -3.22. The first kappa shape index (κ1) is 17.6. The van der Waals surface area contributed by atoms with Crippen LogP contribution in [-0.4, -0.2) is 32.2 Å². The highest BCUT2D eigenvalue weighted by Gasteiger charge is 2.19. The first-order valence-electron chi connectivity index (χ1n) is 7.00. The third kappa shape index (κ3) is 5.87. The number of hydrogen-bond donors (Lipinski definition) is 2. The quantitative estimate of drug-likeness (QED) is 0.684. The van der Waals surface area contributed by atoms with E-state index in [2.05, 4.69) is 15.0 Å². The molecular formula is C13H25N3O2S2. The number of unbranched alkanes of at least 4 members (excludes halogenated alkanes) is 1. The highest BCUT2D eigenvalue weighted by atomic mass is 32.2. The molecule has 1 unspecified atom stereocenters. The second-order valence-electron chi connectivity index (χ2n) is 4.90. The van der Waals surface area contributed by atoms with Crippen molar-refractivity contribution in [3.63, 3.8) is 0 Å². The normalized spacial score (nSPS) is 13.6. The highest BCUT2D eigenvalue weighted by molar-refractivity contribution is 7.89. The van der Waals surface area contributed by atoms with Gasteiger partial charge in [-0.2, -0.15) is 0 Å². The van der Waals surface area contributed by atoms with Gasteiger partial charge in [-0.3, -0.25) is 0 Å². The van der Waals surface area contributed by atoms with E-state index in [4.69, 9.17) is 0 Å². The Morgan fingerprint density at radius 3 is 2.55 bits per heavy atom. The predicted molar refractivity (Wildman–Crippen MR) is 84.7 cm³/mol. The predicted octanol–water partition coefficient (Wildman–Crippen LogP) is 2.13. The minimum Gasteiger partial charge on any atom is -0.317 e. The summed E-state index contributed by atoms with van der Waals surface area (Å²) in [5.41, 5.74) is 0.912. The van der Waals surface area contributed by atoms with Gasteiger partial charge in [0, 0.05) is 4.88 Å². The molecule has 0 aliphatic heterocycles.